The van der Waals surface area contributed by atoms with Crippen molar-refractivity contribution in [2.45, 2.75) is 29.9 Å². The summed E-state index contributed by atoms with van der Waals surface area (Å²) in [6.07, 6.45) is 0.522. The van der Waals surface area contributed by atoms with Gasteiger partial charge in [0.15, 0.2) is 0 Å². The van der Waals surface area contributed by atoms with Gasteiger partial charge in [0.1, 0.15) is 5.82 Å². The van der Waals surface area contributed by atoms with E-state index in [1.54, 1.807) is 6.07 Å². The highest BCUT2D eigenvalue weighted by molar-refractivity contribution is 9.10. The molecule has 2 aromatic rings. The molecule has 3 rings (SSSR count). The number of halogens is 2. The van der Waals surface area contributed by atoms with E-state index >= 15 is 0 Å². The van der Waals surface area contributed by atoms with E-state index < -0.39 is 27.9 Å². The molecule has 2 aromatic carbocycles. The highest BCUT2D eigenvalue weighted by Gasteiger charge is 2.28. The van der Waals surface area contributed by atoms with E-state index in [0.717, 1.165) is 12.8 Å². The maximum absolute atomic E-state index is 13.2. The molecule has 0 heterocycles. The Hall–Kier alpha value is -1.81. The summed E-state index contributed by atoms with van der Waals surface area (Å²) in [5.74, 6) is -1.04. The van der Waals surface area contributed by atoms with Gasteiger partial charge in [-0.05, 0) is 64.7 Å². The Kier molecular flexibility index (Phi) is 5.95. The highest BCUT2D eigenvalue weighted by Crippen LogP contribution is 2.25. The van der Waals surface area contributed by atoms with E-state index in [9.17, 15) is 22.7 Å². The fourth-order valence-corrected chi connectivity index (χ4v) is 4.21. The Labute approximate surface area is 165 Å². The van der Waals surface area contributed by atoms with Crippen molar-refractivity contribution in [3.63, 3.8) is 0 Å². The molecule has 1 fully saturated rings. The number of aliphatic hydroxyl groups excluding tert-OH is 1. The van der Waals surface area contributed by atoms with Crippen LogP contribution in [0.2, 0.25) is 0 Å². The fourth-order valence-electron chi connectivity index (χ4n) is 2.45. The van der Waals surface area contributed by atoms with Gasteiger partial charge in [-0.15, -0.1) is 0 Å². The number of aliphatic hydroxyl groups is 1. The van der Waals surface area contributed by atoms with E-state index in [-0.39, 0.29) is 23.0 Å². The number of carbonyl (C=O) groups is 1. The second-order valence-corrected chi connectivity index (χ2v) is 8.89. The van der Waals surface area contributed by atoms with E-state index in [4.69, 9.17) is 0 Å². The van der Waals surface area contributed by atoms with Gasteiger partial charge in [-0.1, -0.05) is 12.1 Å². The molecule has 6 nitrogen and oxygen atoms in total. The first-order valence-electron chi connectivity index (χ1n) is 8.30. The summed E-state index contributed by atoms with van der Waals surface area (Å²) in [5, 5.41) is 12.6. The molecule has 0 aliphatic heterocycles. The summed E-state index contributed by atoms with van der Waals surface area (Å²) in [5.41, 5.74) is 0.458. The van der Waals surface area contributed by atoms with Gasteiger partial charge in [-0.2, -0.15) is 0 Å². The zero-order valence-corrected chi connectivity index (χ0v) is 16.6. The van der Waals surface area contributed by atoms with Crippen molar-refractivity contribution in [2.24, 2.45) is 0 Å². The minimum absolute atomic E-state index is 0.00608. The summed E-state index contributed by atoms with van der Waals surface area (Å²) < 4.78 is 40.8. The first-order chi connectivity index (χ1) is 12.8. The molecule has 9 heteroatoms. The van der Waals surface area contributed by atoms with Gasteiger partial charge in [0.2, 0.25) is 10.0 Å². The van der Waals surface area contributed by atoms with Crippen molar-refractivity contribution in [1.82, 2.24) is 10.0 Å². The number of hydrogen-bond acceptors (Lipinski definition) is 4. The topological polar surface area (TPSA) is 95.5 Å². The lowest BCUT2D eigenvalue weighted by molar-refractivity contribution is 0.0915. The molecule has 0 aromatic heterocycles. The zero-order chi connectivity index (χ0) is 19.6. The van der Waals surface area contributed by atoms with Crippen LogP contribution in [0, 0.1) is 5.82 Å². The second-order valence-electron chi connectivity index (χ2n) is 6.32. The molecule has 3 N–H and O–H groups in total. The normalized spacial score (nSPS) is 15.4. The van der Waals surface area contributed by atoms with Crippen molar-refractivity contribution in [2.75, 3.05) is 6.54 Å². The lowest BCUT2D eigenvalue weighted by atomic mass is 10.1. The number of nitrogens with one attached hydrogen (secondary N) is 2. The van der Waals surface area contributed by atoms with E-state index in [0.29, 0.717) is 10.0 Å². The van der Waals surface area contributed by atoms with Gasteiger partial charge in [0, 0.05) is 17.1 Å². The number of sulfonamides is 1. The summed E-state index contributed by atoms with van der Waals surface area (Å²) in [6, 6.07) is 9.58. The molecule has 27 heavy (non-hydrogen) atoms. The molecule has 1 unspecified atom stereocenters. The minimum Gasteiger partial charge on any atom is -0.387 e. The summed E-state index contributed by atoms with van der Waals surface area (Å²) in [7, 11) is -3.69. The molecule has 1 aliphatic rings. The van der Waals surface area contributed by atoms with Crippen molar-refractivity contribution in [3.05, 3.63) is 63.9 Å². The monoisotopic (exact) mass is 456 g/mol. The summed E-state index contributed by atoms with van der Waals surface area (Å²) >= 11 is 3.23. The van der Waals surface area contributed by atoms with Crippen LogP contribution in [-0.4, -0.2) is 32.0 Å². The highest BCUT2D eigenvalue weighted by atomic mass is 79.9. The van der Waals surface area contributed by atoms with Gasteiger partial charge in [0.25, 0.3) is 5.91 Å². The summed E-state index contributed by atoms with van der Waals surface area (Å²) in [4.78, 5) is 12.4. The molecule has 0 bridgehead atoms. The van der Waals surface area contributed by atoms with E-state index in [2.05, 4.69) is 26.0 Å². The molecular weight excluding hydrogens is 439 g/mol. The number of hydrogen-bond donors (Lipinski definition) is 3. The molecule has 1 saturated carbocycles. The number of carbonyl (C=O) groups excluding carboxylic acids is 1. The molecule has 0 spiro atoms. The quantitative estimate of drug-likeness (QED) is 0.596. The van der Waals surface area contributed by atoms with Crippen LogP contribution in [-0.2, 0) is 10.0 Å². The SMILES string of the molecule is O=C(NCC(O)c1cccc(F)c1)c1cc(S(=O)(=O)NC2CC2)ccc1Br. The Morgan fingerprint density at radius 2 is 2.00 bits per heavy atom. The third-order valence-corrected chi connectivity index (χ3v) is 6.29. The number of rotatable bonds is 7. The second kappa shape index (κ2) is 8.05. The lowest BCUT2D eigenvalue weighted by Crippen LogP contribution is -2.29. The van der Waals surface area contributed by atoms with Gasteiger partial charge < -0.3 is 10.4 Å². The molecular formula is C18H18BrFN2O4S. The van der Waals surface area contributed by atoms with Gasteiger partial charge in [-0.25, -0.2) is 17.5 Å². The third-order valence-electron chi connectivity index (χ3n) is 4.08. The van der Waals surface area contributed by atoms with Crippen LogP contribution < -0.4 is 10.0 Å². The number of benzene rings is 2. The maximum Gasteiger partial charge on any atom is 0.252 e. The largest absolute Gasteiger partial charge is 0.387 e. The average molecular weight is 457 g/mol. The van der Waals surface area contributed by atoms with Crippen molar-refractivity contribution >= 4 is 31.9 Å². The molecule has 144 valence electrons. The first-order valence-corrected chi connectivity index (χ1v) is 10.6. The maximum atomic E-state index is 13.2. The lowest BCUT2D eigenvalue weighted by Gasteiger charge is -2.14. The average Bonchev–Trinajstić information content (AvgIpc) is 3.42. The first kappa shape index (κ1) is 19.9. The smallest absolute Gasteiger partial charge is 0.252 e. The predicted molar refractivity (Wildman–Crippen MR) is 101 cm³/mol. The number of amides is 1. The van der Waals surface area contributed by atoms with Crippen LogP contribution in [0.15, 0.2) is 51.8 Å². The van der Waals surface area contributed by atoms with Gasteiger partial charge in [0.05, 0.1) is 16.6 Å². The van der Waals surface area contributed by atoms with Crippen LogP contribution in [0.3, 0.4) is 0 Å². The van der Waals surface area contributed by atoms with Crippen LogP contribution in [0.4, 0.5) is 4.39 Å². The van der Waals surface area contributed by atoms with Crippen molar-refractivity contribution < 1.29 is 22.7 Å². The van der Waals surface area contributed by atoms with Crippen LogP contribution in [0.25, 0.3) is 0 Å². The fraction of sp³-hybridized carbons (Fsp3) is 0.278. The van der Waals surface area contributed by atoms with Crippen LogP contribution in [0.5, 0.6) is 0 Å². The van der Waals surface area contributed by atoms with Gasteiger partial charge in [-0.3, -0.25) is 4.79 Å². The van der Waals surface area contributed by atoms with E-state index in [1.165, 1.54) is 36.4 Å². The van der Waals surface area contributed by atoms with Crippen molar-refractivity contribution in [1.29, 1.82) is 0 Å². The van der Waals surface area contributed by atoms with E-state index in [1.807, 2.05) is 0 Å². The molecule has 0 saturated heterocycles. The molecule has 1 aliphatic carbocycles. The van der Waals surface area contributed by atoms with Crippen LogP contribution in [0.1, 0.15) is 34.9 Å². The van der Waals surface area contributed by atoms with Crippen molar-refractivity contribution in [3.8, 4) is 0 Å². The molecule has 0 radical (unpaired) electrons. The van der Waals surface area contributed by atoms with Crippen LogP contribution >= 0.6 is 15.9 Å². The predicted octanol–water partition coefficient (Wildman–Crippen LogP) is 2.49. The Balaban J connectivity index is 1.71. The Bertz CT molecular complexity index is 964. The Morgan fingerprint density at radius 3 is 2.67 bits per heavy atom. The van der Waals surface area contributed by atoms with Gasteiger partial charge >= 0.3 is 0 Å². The standard InChI is InChI=1S/C18H18BrFN2O4S/c19-16-7-6-14(27(25,26)22-13-4-5-13)9-15(16)18(24)21-10-17(23)11-2-1-3-12(20)8-11/h1-3,6-9,13,17,22-23H,4-5,10H2,(H,21,24). The zero-order valence-electron chi connectivity index (χ0n) is 14.2. The molecule has 1 atom stereocenters. The summed E-state index contributed by atoms with van der Waals surface area (Å²) in [6.45, 7) is -0.147. The Morgan fingerprint density at radius 1 is 1.26 bits per heavy atom. The minimum atomic E-state index is -3.69. The molecule has 1 amide bonds. The third kappa shape index (κ3) is 5.13.